The third kappa shape index (κ3) is 6.72. The van der Waals surface area contributed by atoms with Crippen LogP contribution in [-0.2, 0) is 32.5 Å². The summed E-state index contributed by atoms with van der Waals surface area (Å²) in [6.07, 6.45) is 2.36. The van der Waals surface area contributed by atoms with Gasteiger partial charge in [0, 0.05) is 51.2 Å². The van der Waals surface area contributed by atoms with Crippen LogP contribution in [-0.4, -0.2) is 77.2 Å². The minimum atomic E-state index is -3.44. The molecule has 42 heavy (non-hydrogen) atoms. The van der Waals surface area contributed by atoms with Crippen LogP contribution in [0.1, 0.15) is 22.7 Å². The summed E-state index contributed by atoms with van der Waals surface area (Å²) >= 11 is 6.09. The van der Waals surface area contributed by atoms with Gasteiger partial charge in [-0.3, -0.25) is 13.9 Å². The van der Waals surface area contributed by atoms with E-state index in [-0.39, 0.29) is 11.8 Å². The van der Waals surface area contributed by atoms with Crippen molar-refractivity contribution in [2.75, 3.05) is 55.2 Å². The first-order valence-corrected chi connectivity index (χ1v) is 16.3. The van der Waals surface area contributed by atoms with E-state index in [1.165, 1.54) is 17.6 Å². The van der Waals surface area contributed by atoms with Crippen LogP contribution in [0.4, 0.5) is 11.4 Å². The summed E-state index contributed by atoms with van der Waals surface area (Å²) < 4.78 is 25.7. The Morgan fingerprint density at radius 3 is 2.38 bits per heavy atom. The van der Waals surface area contributed by atoms with Gasteiger partial charge < -0.3 is 20.4 Å². The van der Waals surface area contributed by atoms with Crippen LogP contribution in [0.15, 0.2) is 72.8 Å². The van der Waals surface area contributed by atoms with Crippen LogP contribution in [0.5, 0.6) is 0 Å². The molecule has 3 aromatic rings. The van der Waals surface area contributed by atoms with Gasteiger partial charge >= 0.3 is 0 Å². The zero-order valence-corrected chi connectivity index (χ0v) is 25.4. The summed E-state index contributed by atoms with van der Waals surface area (Å²) in [5.41, 5.74) is 4.35. The van der Waals surface area contributed by atoms with Crippen molar-refractivity contribution in [3.63, 3.8) is 0 Å². The molecule has 1 saturated heterocycles. The fourth-order valence-electron chi connectivity index (χ4n) is 5.61. The zero-order chi connectivity index (χ0) is 29.9. The van der Waals surface area contributed by atoms with Crippen molar-refractivity contribution in [3.05, 3.63) is 94.5 Å². The maximum absolute atomic E-state index is 13.9. The smallest absolute Gasteiger partial charge is 0.245 e. The molecular formula is C31H36ClN5O4S. The Morgan fingerprint density at radius 1 is 1.00 bits per heavy atom. The normalized spacial score (nSPS) is 17.7. The van der Waals surface area contributed by atoms with E-state index in [0.29, 0.717) is 49.9 Å². The van der Waals surface area contributed by atoms with Crippen LogP contribution in [0.2, 0.25) is 5.02 Å². The Balaban J connectivity index is 1.32. The van der Waals surface area contributed by atoms with Gasteiger partial charge in [0.15, 0.2) is 0 Å². The number of fused-ring (bicyclic) bond motifs is 1. The van der Waals surface area contributed by atoms with Gasteiger partial charge in [-0.1, -0.05) is 60.1 Å². The van der Waals surface area contributed by atoms with Gasteiger partial charge in [-0.05, 0) is 47.4 Å². The summed E-state index contributed by atoms with van der Waals surface area (Å²) in [4.78, 5) is 31.4. The van der Waals surface area contributed by atoms with Gasteiger partial charge in [0.05, 0.1) is 17.6 Å². The highest BCUT2D eigenvalue weighted by atomic mass is 35.5. The average Bonchev–Trinajstić information content (AvgIpc) is 3.00. The highest BCUT2D eigenvalue weighted by Crippen LogP contribution is 2.31. The van der Waals surface area contributed by atoms with Crippen molar-refractivity contribution in [1.82, 2.24) is 15.5 Å². The third-order valence-electron chi connectivity index (χ3n) is 7.99. The number of para-hydroxylation sites is 2. The van der Waals surface area contributed by atoms with Crippen molar-refractivity contribution >= 4 is 44.8 Å². The first kappa shape index (κ1) is 29.9. The molecule has 2 aliphatic heterocycles. The number of anilines is 2. The van der Waals surface area contributed by atoms with Crippen molar-refractivity contribution < 1.29 is 18.0 Å². The molecule has 1 fully saturated rings. The molecule has 11 heteroatoms. The largest absolute Gasteiger partial charge is 0.366 e. The number of nitrogens with zero attached hydrogens (tertiary/aromatic N) is 3. The van der Waals surface area contributed by atoms with E-state index in [1.54, 1.807) is 23.1 Å². The van der Waals surface area contributed by atoms with Gasteiger partial charge in [0.25, 0.3) is 0 Å². The number of rotatable bonds is 8. The lowest BCUT2D eigenvalue weighted by Gasteiger charge is -2.39. The van der Waals surface area contributed by atoms with E-state index in [4.69, 9.17) is 11.6 Å². The quantitative estimate of drug-likeness (QED) is 0.407. The van der Waals surface area contributed by atoms with E-state index in [1.807, 2.05) is 54.6 Å². The van der Waals surface area contributed by atoms with E-state index < -0.39 is 22.1 Å². The number of carbonyl (C=O) groups excluding carboxylic acids is 2. The van der Waals surface area contributed by atoms with Crippen molar-refractivity contribution in [1.29, 1.82) is 0 Å². The molecule has 3 aromatic carbocycles. The highest BCUT2D eigenvalue weighted by molar-refractivity contribution is 7.92. The molecule has 0 radical (unpaired) electrons. The van der Waals surface area contributed by atoms with Crippen LogP contribution >= 0.6 is 11.6 Å². The van der Waals surface area contributed by atoms with Crippen LogP contribution < -0.4 is 19.8 Å². The lowest BCUT2D eigenvalue weighted by Crippen LogP contribution is -2.57. The van der Waals surface area contributed by atoms with Crippen LogP contribution in [0.25, 0.3) is 0 Å². The predicted molar refractivity (Wildman–Crippen MR) is 166 cm³/mol. The maximum Gasteiger partial charge on any atom is 0.245 e. The monoisotopic (exact) mass is 609 g/mol. The first-order valence-electron chi connectivity index (χ1n) is 14.0. The molecule has 0 spiro atoms. The Morgan fingerprint density at radius 2 is 1.67 bits per heavy atom. The van der Waals surface area contributed by atoms with Crippen molar-refractivity contribution in [2.24, 2.45) is 0 Å². The highest BCUT2D eigenvalue weighted by Gasteiger charge is 2.33. The number of benzene rings is 3. The first-order chi connectivity index (χ1) is 20.1. The molecular weight excluding hydrogens is 574 g/mol. The topological polar surface area (TPSA) is 102 Å². The molecule has 2 atom stereocenters. The van der Waals surface area contributed by atoms with Gasteiger partial charge in [-0.15, -0.1) is 0 Å². The average molecular weight is 610 g/mol. The number of piperazine rings is 1. The third-order valence-corrected chi connectivity index (χ3v) is 9.43. The van der Waals surface area contributed by atoms with Crippen LogP contribution in [0.3, 0.4) is 0 Å². The summed E-state index contributed by atoms with van der Waals surface area (Å²) in [5, 5.41) is 6.97. The summed E-state index contributed by atoms with van der Waals surface area (Å²) in [6.45, 7) is 2.61. The van der Waals surface area contributed by atoms with Crippen LogP contribution in [0, 0.1) is 0 Å². The molecule has 0 aromatic heterocycles. The lowest BCUT2D eigenvalue weighted by atomic mass is 9.93. The molecule has 2 N–H and O–H groups in total. The van der Waals surface area contributed by atoms with Gasteiger partial charge in [-0.25, -0.2) is 8.42 Å². The Hall–Kier alpha value is -3.60. The molecule has 2 amide bonds. The Labute approximate surface area is 252 Å². The Bertz CT molecular complexity index is 1540. The lowest BCUT2D eigenvalue weighted by molar-refractivity contribution is -0.137. The number of amides is 2. The van der Waals surface area contributed by atoms with Gasteiger partial charge in [0.1, 0.15) is 12.1 Å². The molecule has 2 unspecified atom stereocenters. The molecule has 5 rings (SSSR count). The number of halogens is 1. The van der Waals surface area contributed by atoms with Crippen molar-refractivity contribution in [3.8, 4) is 0 Å². The number of carbonyl (C=O) groups is 2. The fourth-order valence-corrected chi connectivity index (χ4v) is 6.25. The minimum Gasteiger partial charge on any atom is -0.366 e. The standard InChI is InChI=1S/C31H36ClN5O4S/c1-35(42(2,40)41)27-9-5-6-10-28(27)36-17-19-37(20-18-36)31(39)26(21-22-11-13-24(32)14-12-22)34-30(38)29-25-8-4-3-7-23(25)15-16-33-29/h3-14,26,29,33H,15-21H2,1-2H3,(H,34,38). The van der Waals surface area contributed by atoms with Crippen molar-refractivity contribution in [2.45, 2.75) is 24.9 Å². The molecule has 0 aliphatic carbocycles. The summed E-state index contributed by atoms with van der Waals surface area (Å²) in [7, 11) is -1.90. The molecule has 9 nitrogen and oxygen atoms in total. The zero-order valence-electron chi connectivity index (χ0n) is 23.8. The molecule has 222 valence electrons. The van der Waals surface area contributed by atoms with E-state index in [0.717, 1.165) is 28.8 Å². The molecule has 2 aliphatic rings. The maximum atomic E-state index is 13.9. The van der Waals surface area contributed by atoms with E-state index >= 15 is 0 Å². The SMILES string of the molecule is CN(c1ccccc1N1CCN(C(=O)C(Cc2ccc(Cl)cc2)NC(=O)C2NCCc3ccccc32)CC1)S(C)(=O)=O. The summed E-state index contributed by atoms with van der Waals surface area (Å²) in [6, 6.07) is 21.3. The Kier molecular flexibility index (Phi) is 9.05. The number of nitrogens with one attached hydrogen (secondary N) is 2. The fraction of sp³-hybridized carbons (Fsp3) is 0.355. The molecule has 0 saturated carbocycles. The van der Waals surface area contributed by atoms with Gasteiger partial charge in [-0.2, -0.15) is 0 Å². The number of sulfonamides is 1. The minimum absolute atomic E-state index is 0.149. The second kappa shape index (κ2) is 12.7. The summed E-state index contributed by atoms with van der Waals surface area (Å²) in [5.74, 6) is -0.380. The second-order valence-electron chi connectivity index (χ2n) is 10.8. The van der Waals surface area contributed by atoms with E-state index in [2.05, 4.69) is 15.5 Å². The predicted octanol–water partition coefficient (Wildman–Crippen LogP) is 3.00. The number of hydrogen-bond acceptors (Lipinski definition) is 6. The van der Waals surface area contributed by atoms with E-state index in [9.17, 15) is 18.0 Å². The molecule has 2 heterocycles. The van der Waals surface area contributed by atoms with Gasteiger partial charge in [0.2, 0.25) is 21.8 Å². The number of hydrogen-bond donors (Lipinski definition) is 2. The molecule has 0 bridgehead atoms. The second-order valence-corrected chi connectivity index (χ2v) is 13.2.